The molecule has 1 aromatic rings. The minimum Gasteiger partial charge on any atom is -0.330 e. The largest absolute Gasteiger partial charge is 0.330 e. The minimum absolute atomic E-state index is 0.0178. The third-order valence-electron chi connectivity index (χ3n) is 3.14. The van der Waals surface area contributed by atoms with Gasteiger partial charge < -0.3 is 5.32 Å². The number of nitrogens with one attached hydrogen (secondary N) is 1. The van der Waals surface area contributed by atoms with Crippen LogP contribution in [0.2, 0.25) is 0 Å². The summed E-state index contributed by atoms with van der Waals surface area (Å²) < 4.78 is 21.9. The average molecular weight is 412 g/mol. The SMILES string of the molecule is CC.CC.CC.CC(=O)NC1=CC=C(C)CC1.Cc1ccc(S(C)(=O)=O)cc1. The van der Waals surface area contributed by atoms with Gasteiger partial charge in [0.2, 0.25) is 5.91 Å². The van der Waals surface area contributed by atoms with Crippen molar-refractivity contribution in [2.45, 2.75) is 80.1 Å². The van der Waals surface area contributed by atoms with Crippen LogP contribution in [0.1, 0.15) is 73.8 Å². The van der Waals surface area contributed by atoms with E-state index in [9.17, 15) is 13.2 Å². The van der Waals surface area contributed by atoms with Crippen molar-refractivity contribution < 1.29 is 13.2 Å². The maximum absolute atomic E-state index is 10.9. The minimum atomic E-state index is -3.02. The number of aryl methyl sites for hydroxylation is 1. The highest BCUT2D eigenvalue weighted by Crippen LogP contribution is 2.15. The average Bonchev–Trinajstić information content (AvgIpc) is 2.68. The second-order valence-corrected chi connectivity index (χ2v) is 7.49. The first kappa shape index (κ1) is 30.8. The number of carbonyl (C=O) groups excluding carboxylic acids is 1. The molecule has 0 aliphatic heterocycles. The maximum Gasteiger partial charge on any atom is 0.220 e. The van der Waals surface area contributed by atoms with Gasteiger partial charge in [-0.05, 0) is 44.9 Å². The zero-order valence-corrected chi connectivity index (χ0v) is 20.3. The topological polar surface area (TPSA) is 63.2 Å². The Morgan fingerprint density at radius 1 is 0.857 bits per heavy atom. The lowest BCUT2D eigenvalue weighted by molar-refractivity contribution is -0.118. The monoisotopic (exact) mass is 411 g/mol. The Morgan fingerprint density at radius 3 is 1.64 bits per heavy atom. The first-order chi connectivity index (χ1) is 13.2. The zero-order valence-electron chi connectivity index (χ0n) is 19.5. The molecule has 1 aliphatic carbocycles. The molecular formula is C23H41NO3S. The highest BCUT2D eigenvalue weighted by molar-refractivity contribution is 7.90. The lowest BCUT2D eigenvalue weighted by Crippen LogP contribution is -2.19. The number of amides is 1. The maximum atomic E-state index is 10.9. The van der Waals surface area contributed by atoms with Gasteiger partial charge in [-0.25, -0.2) is 8.42 Å². The van der Waals surface area contributed by atoms with Crippen LogP contribution in [0.15, 0.2) is 52.6 Å². The molecule has 1 aromatic carbocycles. The molecule has 1 N–H and O–H groups in total. The fraction of sp³-hybridized carbons (Fsp3) is 0.522. The van der Waals surface area contributed by atoms with Gasteiger partial charge in [0.15, 0.2) is 9.84 Å². The molecule has 2 rings (SSSR count). The van der Waals surface area contributed by atoms with Gasteiger partial charge in [0.05, 0.1) is 4.90 Å². The number of carbonyl (C=O) groups is 1. The van der Waals surface area contributed by atoms with Crippen LogP contribution in [-0.2, 0) is 14.6 Å². The summed E-state index contributed by atoms with van der Waals surface area (Å²) in [6, 6.07) is 6.81. The van der Waals surface area contributed by atoms with Crippen molar-refractivity contribution in [3.63, 3.8) is 0 Å². The Labute approximate surface area is 174 Å². The van der Waals surface area contributed by atoms with E-state index in [4.69, 9.17) is 0 Å². The summed E-state index contributed by atoms with van der Waals surface area (Å²) in [6.45, 7) is 17.6. The van der Waals surface area contributed by atoms with Crippen molar-refractivity contribution in [2.75, 3.05) is 6.26 Å². The van der Waals surface area contributed by atoms with Crippen molar-refractivity contribution in [3.8, 4) is 0 Å². The van der Waals surface area contributed by atoms with Crippen LogP contribution in [-0.4, -0.2) is 20.6 Å². The van der Waals surface area contributed by atoms with Gasteiger partial charge in [0.1, 0.15) is 0 Å². The summed E-state index contributed by atoms with van der Waals surface area (Å²) in [5.41, 5.74) is 3.47. The van der Waals surface area contributed by atoms with Gasteiger partial charge in [-0.2, -0.15) is 0 Å². The first-order valence-electron chi connectivity index (χ1n) is 10.1. The Morgan fingerprint density at radius 2 is 1.32 bits per heavy atom. The molecule has 28 heavy (non-hydrogen) atoms. The number of sulfone groups is 1. The van der Waals surface area contributed by atoms with Crippen LogP contribution in [0.25, 0.3) is 0 Å². The molecule has 0 unspecified atom stereocenters. The number of benzene rings is 1. The Bertz CT molecular complexity index is 685. The van der Waals surface area contributed by atoms with Crippen LogP contribution in [0.3, 0.4) is 0 Å². The van der Waals surface area contributed by atoms with Crippen molar-refractivity contribution in [1.82, 2.24) is 5.32 Å². The zero-order chi connectivity index (χ0) is 22.8. The van der Waals surface area contributed by atoms with Gasteiger partial charge >= 0.3 is 0 Å². The van der Waals surface area contributed by atoms with Crippen LogP contribution in [0.4, 0.5) is 0 Å². The van der Waals surface area contributed by atoms with Gasteiger partial charge in [0, 0.05) is 18.9 Å². The highest BCUT2D eigenvalue weighted by atomic mass is 32.2. The third-order valence-corrected chi connectivity index (χ3v) is 4.27. The summed E-state index contributed by atoms with van der Waals surface area (Å²) in [5.74, 6) is 0.0178. The number of hydrogen-bond donors (Lipinski definition) is 1. The number of rotatable bonds is 2. The van der Waals surface area contributed by atoms with Gasteiger partial charge in [-0.3, -0.25) is 4.79 Å². The molecule has 4 nitrogen and oxygen atoms in total. The van der Waals surface area contributed by atoms with Crippen molar-refractivity contribution >= 4 is 15.7 Å². The predicted octanol–water partition coefficient (Wildman–Crippen LogP) is 6.22. The molecule has 0 bridgehead atoms. The lowest BCUT2D eigenvalue weighted by Gasteiger charge is -2.11. The summed E-state index contributed by atoms with van der Waals surface area (Å²) in [4.78, 5) is 11.0. The van der Waals surface area contributed by atoms with Crippen molar-refractivity contribution in [2.24, 2.45) is 0 Å². The molecule has 0 fully saturated rings. The molecule has 0 aromatic heterocycles. The van der Waals surface area contributed by atoms with E-state index in [-0.39, 0.29) is 5.91 Å². The van der Waals surface area contributed by atoms with Crippen molar-refractivity contribution in [3.05, 3.63) is 53.3 Å². The molecule has 0 heterocycles. The Balaban J connectivity index is -0.000000352. The normalized spacial score (nSPS) is 11.8. The van der Waals surface area contributed by atoms with E-state index in [0.717, 1.165) is 24.1 Å². The van der Waals surface area contributed by atoms with Crippen LogP contribution in [0, 0.1) is 6.92 Å². The highest BCUT2D eigenvalue weighted by Gasteiger charge is 2.04. The molecule has 1 aliphatic rings. The van der Waals surface area contributed by atoms with Crippen LogP contribution >= 0.6 is 0 Å². The van der Waals surface area contributed by atoms with Gasteiger partial charge in [-0.15, -0.1) is 0 Å². The standard InChI is InChI=1S/C9H13NO.C8H10O2S.3C2H6/c1-7-3-5-9(6-4-7)10-8(2)11;1-7-3-5-8(6-4-7)11(2,9)10;3*1-2/h3,5H,4,6H2,1-2H3,(H,10,11);3-6H,1-2H3;3*1-2H3. The van der Waals surface area contributed by atoms with E-state index in [1.807, 2.05) is 54.5 Å². The summed E-state index contributed by atoms with van der Waals surface area (Å²) in [6.07, 6.45) is 7.25. The molecule has 1 amide bonds. The fourth-order valence-electron chi connectivity index (χ4n) is 1.86. The molecule has 0 spiro atoms. The quantitative estimate of drug-likeness (QED) is 0.628. The molecular weight excluding hydrogens is 370 g/mol. The van der Waals surface area contributed by atoms with E-state index in [1.165, 1.54) is 18.8 Å². The Kier molecular flexibility index (Phi) is 20.4. The second kappa shape index (κ2) is 18.5. The van der Waals surface area contributed by atoms with Crippen molar-refractivity contribution in [1.29, 1.82) is 0 Å². The van der Waals surface area contributed by atoms with Crippen LogP contribution in [0.5, 0.6) is 0 Å². The van der Waals surface area contributed by atoms with Gasteiger partial charge in [0.25, 0.3) is 0 Å². The number of allylic oxidation sites excluding steroid dienone is 4. The smallest absolute Gasteiger partial charge is 0.220 e. The molecule has 5 heteroatoms. The van der Waals surface area contributed by atoms with Crippen LogP contribution < -0.4 is 5.32 Å². The second-order valence-electron chi connectivity index (χ2n) is 5.47. The third kappa shape index (κ3) is 16.3. The van der Waals surface area contributed by atoms with E-state index in [1.54, 1.807) is 24.3 Å². The molecule has 0 atom stereocenters. The van der Waals surface area contributed by atoms with E-state index in [2.05, 4.69) is 18.3 Å². The van der Waals surface area contributed by atoms with E-state index >= 15 is 0 Å². The summed E-state index contributed by atoms with van der Waals surface area (Å²) >= 11 is 0. The number of hydrogen-bond acceptors (Lipinski definition) is 3. The molecule has 0 saturated carbocycles. The molecule has 0 saturated heterocycles. The first-order valence-corrected chi connectivity index (χ1v) is 12.0. The predicted molar refractivity (Wildman–Crippen MR) is 123 cm³/mol. The molecule has 0 radical (unpaired) electrons. The molecule has 162 valence electrons. The lowest BCUT2D eigenvalue weighted by atomic mass is 10.0. The summed E-state index contributed by atoms with van der Waals surface area (Å²) in [7, 11) is -3.02. The van der Waals surface area contributed by atoms with E-state index < -0.39 is 9.84 Å². The summed E-state index contributed by atoms with van der Waals surface area (Å²) in [5, 5.41) is 2.78. The van der Waals surface area contributed by atoms with Gasteiger partial charge in [-0.1, -0.05) is 70.9 Å². The fourth-order valence-corrected chi connectivity index (χ4v) is 2.49. The Hall–Kier alpha value is -1.88. The van der Waals surface area contributed by atoms with E-state index in [0.29, 0.717) is 4.90 Å².